The fraction of sp³-hybridized carbons (Fsp3) is 0.385. The third kappa shape index (κ3) is 5.79. The molecule has 0 saturated heterocycles. The van der Waals surface area contributed by atoms with E-state index in [9.17, 15) is 14.4 Å². The van der Waals surface area contributed by atoms with Gasteiger partial charge in [0.15, 0.2) is 5.13 Å². The molecule has 1 aliphatic carbocycles. The second kappa shape index (κ2) is 10.0. The van der Waals surface area contributed by atoms with Gasteiger partial charge in [-0.25, -0.2) is 14.6 Å². The first-order chi connectivity index (χ1) is 16.7. The van der Waals surface area contributed by atoms with Gasteiger partial charge in [-0.1, -0.05) is 41.7 Å². The molecule has 1 N–H and O–H groups in total. The summed E-state index contributed by atoms with van der Waals surface area (Å²) < 4.78 is 10.4. The van der Waals surface area contributed by atoms with Crippen molar-refractivity contribution < 1.29 is 23.9 Å². The zero-order valence-electron chi connectivity index (χ0n) is 20.3. The highest BCUT2D eigenvalue weighted by molar-refractivity contribution is 7.17. The average Bonchev–Trinajstić information content (AvgIpc) is 3.53. The average molecular weight is 496 g/mol. The number of alkyl carbamates (subject to hydrolysis) is 1. The molecule has 0 bridgehead atoms. The third-order valence-electron chi connectivity index (χ3n) is 5.39. The highest BCUT2D eigenvalue weighted by Gasteiger charge is 2.29. The van der Waals surface area contributed by atoms with Gasteiger partial charge in [-0.2, -0.15) is 0 Å². The predicted octanol–water partition coefficient (Wildman–Crippen LogP) is 5.54. The number of benzene rings is 2. The Balaban J connectivity index is 1.71. The van der Waals surface area contributed by atoms with Gasteiger partial charge in [0.2, 0.25) is 0 Å². The van der Waals surface area contributed by atoms with Gasteiger partial charge in [0.05, 0.1) is 18.5 Å². The number of hydrogen-bond acceptors (Lipinski definition) is 7. The number of fused-ring (bicyclic) bond motifs is 1. The molecule has 0 unspecified atom stereocenters. The van der Waals surface area contributed by atoms with Crippen LogP contribution in [-0.2, 0) is 14.3 Å². The first-order valence-corrected chi connectivity index (χ1v) is 12.4. The number of rotatable bonds is 7. The molecule has 4 rings (SSSR count). The summed E-state index contributed by atoms with van der Waals surface area (Å²) in [6.07, 6.45) is 3.02. The van der Waals surface area contributed by atoms with Crippen LogP contribution in [0.5, 0.6) is 0 Å². The Kier molecular flexibility index (Phi) is 7.07. The number of carbonyl (C=O) groups excluding carboxylic acids is 3. The highest BCUT2D eigenvalue weighted by Crippen LogP contribution is 2.45. The van der Waals surface area contributed by atoms with E-state index in [1.54, 1.807) is 27.7 Å². The summed E-state index contributed by atoms with van der Waals surface area (Å²) in [5.41, 5.74) is 1.20. The van der Waals surface area contributed by atoms with E-state index >= 15 is 0 Å². The minimum absolute atomic E-state index is 0.238. The standard InChI is InChI=1S/C26H29N3O5S/c1-5-33-23(31)21-14-27-24(35-21)29(22(30)15-28-25(32)34-26(2,3)4)20-13-12-17(16-10-11-16)18-8-6-7-9-19(18)20/h6-9,12-14,16H,5,10-11,15H2,1-4H3,(H,28,32). The molecule has 184 valence electrons. The van der Waals surface area contributed by atoms with Crippen LogP contribution in [-0.4, -0.2) is 41.7 Å². The summed E-state index contributed by atoms with van der Waals surface area (Å²) in [5, 5.41) is 4.82. The van der Waals surface area contributed by atoms with E-state index in [1.807, 2.05) is 24.3 Å². The highest BCUT2D eigenvalue weighted by atomic mass is 32.1. The van der Waals surface area contributed by atoms with Crippen molar-refractivity contribution in [3.8, 4) is 0 Å². The molecule has 1 heterocycles. The molecule has 1 saturated carbocycles. The Labute approximate surface area is 208 Å². The Morgan fingerprint density at radius 3 is 2.49 bits per heavy atom. The van der Waals surface area contributed by atoms with Crippen LogP contribution in [0.1, 0.15) is 61.7 Å². The minimum atomic E-state index is -0.689. The zero-order chi connectivity index (χ0) is 25.2. The molecular formula is C26H29N3O5S. The molecule has 2 amide bonds. The monoisotopic (exact) mass is 495 g/mol. The molecule has 3 aromatic rings. The van der Waals surface area contributed by atoms with Gasteiger partial charge < -0.3 is 14.8 Å². The maximum atomic E-state index is 13.5. The molecule has 1 aromatic heterocycles. The number of esters is 1. The van der Waals surface area contributed by atoms with Crippen LogP contribution in [0.4, 0.5) is 15.6 Å². The fourth-order valence-corrected chi connectivity index (χ4v) is 4.64. The number of amides is 2. The van der Waals surface area contributed by atoms with Crippen molar-refractivity contribution in [3.05, 3.63) is 53.0 Å². The lowest BCUT2D eigenvalue weighted by molar-refractivity contribution is -0.117. The number of thiazole rings is 1. The van der Waals surface area contributed by atoms with Crippen LogP contribution in [0.25, 0.3) is 10.8 Å². The smallest absolute Gasteiger partial charge is 0.408 e. The van der Waals surface area contributed by atoms with Crippen LogP contribution in [0.3, 0.4) is 0 Å². The van der Waals surface area contributed by atoms with Crippen molar-refractivity contribution in [2.75, 3.05) is 18.1 Å². The van der Waals surface area contributed by atoms with Crippen molar-refractivity contribution in [1.82, 2.24) is 10.3 Å². The minimum Gasteiger partial charge on any atom is -0.462 e. The van der Waals surface area contributed by atoms with Gasteiger partial charge in [0, 0.05) is 5.39 Å². The van der Waals surface area contributed by atoms with E-state index in [1.165, 1.54) is 16.7 Å². The zero-order valence-corrected chi connectivity index (χ0v) is 21.1. The van der Waals surface area contributed by atoms with Crippen LogP contribution < -0.4 is 10.2 Å². The number of anilines is 2. The summed E-state index contributed by atoms with van der Waals surface area (Å²) in [7, 11) is 0. The number of nitrogens with zero attached hydrogens (tertiary/aromatic N) is 2. The van der Waals surface area contributed by atoms with E-state index in [-0.39, 0.29) is 13.2 Å². The lowest BCUT2D eigenvalue weighted by Crippen LogP contribution is -2.40. The van der Waals surface area contributed by atoms with E-state index in [4.69, 9.17) is 9.47 Å². The van der Waals surface area contributed by atoms with Crippen LogP contribution >= 0.6 is 11.3 Å². The summed E-state index contributed by atoms with van der Waals surface area (Å²) in [4.78, 5) is 44.0. The van der Waals surface area contributed by atoms with Crippen LogP contribution in [0.15, 0.2) is 42.6 Å². The Morgan fingerprint density at radius 1 is 1.11 bits per heavy atom. The van der Waals surface area contributed by atoms with Crippen LogP contribution in [0, 0.1) is 0 Å². The molecule has 0 radical (unpaired) electrons. The SMILES string of the molecule is CCOC(=O)c1cnc(N(C(=O)CNC(=O)OC(C)(C)C)c2ccc(C3CC3)c3ccccc23)s1. The van der Waals surface area contributed by atoms with Crippen LogP contribution in [0.2, 0.25) is 0 Å². The summed E-state index contributed by atoms with van der Waals surface area (Å²) in [6.45, 7) is 6.91. The number of aromatic nitrogens is 1. The molecule has 1 aliphatic rings. The first-order valence-electron chi connectivity index (χ1n) is 11.6. The summed E-state index contributed by atoms with van der Waals surface area (Å²) >= 11 is 1.06. The van der Waals surface area contributed by atoms with E-state index in [0.717, 1.165) is 35.0 Å². The third-order valence-corrected chi connectivity index (χ3v) is 6.35. The number of ether oxygens (including phenoxy) is 2. The van der Waals surface area contributed by atoms with E-state index in [0.29, 0.717) is 21.6 Å². The number of carbonyl (C=O) groups is 3. The predicted molar refractivity (Wildman–Crippen MR) is 135 cm³/mol. The van der Waals surface area contributed by atoms with Gasteiger partial charge in [0.25, 0.3) is 5.91 Å². The second-order valence-corrected chi connectivity index (χ2v) is 10.3. The molecule has 2 aromatic carbocycles. The Morgan fingerprint density at radius 2 is 1.83 bits per heavy atom. The maximum Gasteiger partial charge on any atom is 0.408 e. The van der Waals surface area contributed by atoms with Gasteiger partial charge >= 0.3 is 12.1 Å². The largest absolute Gasteiger partial charge is 0.462 e. The summed E-state index contributed by atoms with van der Waals surface area (Å²) in [6, 6.07) is 11.9. The van der Waals surface area contributed by atoms with Crippen molar-refractivity contribution in [1.29, 1.82) is 0 Å². The first kappa shape index (κ1) is 24.7. The lowest BCUT2D eigenvalue weighted by atomic mass is 9.99. The van der Waals surface area contributed by atoms with Crippen molar-refractivity contribution in [2.45, 2.75) is 52.1 Å². The summed E-state index contributed by atoms with van der Waals surface area (Å²) in [5.74, 6) is -0.378. The van der Waals surface area contributed by atoms with Crippen molar-refractivity contribution in [2.24, 2.45) is 0 Å². The normalized spacial score (nSPS) is 13.4. The molecule has 0 atom stereocenters. The Hall–Kier alpha value is -3.46. The lowest BCUT2D eigenvalue weighted by Gasteiger charge is -2.24. The van der Waals surface area contributed by atoms with E-state index in [2.05, 4.69) is 22.4 Å². The number of hydrogen-bond donors (Lipinski definition) is 1. The van der Waals surface area contributed by atoms with Gasteiger partial charge in [-0.05, 0) is 63.5 Å². The van der Waals surface area contributed by atoms with Gasteiger partial charge in [0.1, 0.15) is 17.0 Å². The second-order valence-electron chi connectivity index (χ2n) is 9.31. The molecule has 9 heteroatoms. The topological polar surface area (TPSA) is 97.8 Å². The van der Waals surface area contributed by atoms with Crippen molar-refractivity contribution in [3.63, 3.8) is 0 Å². The van der Waals surface area contributed by atoms with Gasteiger partial charge in [-0.15, -0.1) is 0 Å². The molecular weight excluding hydrogens is 466 g/mol. The fourth-order valence-electron chi connectivity index (χ4n) is 3.80. The maximum absolute atomic E-state index is 13.5. The quantitative estimate of drug-likeness (QED) is 0.432. The molecule has 1 fully saturated rings. The Bertz CT molecular complexity index is 1260. The molecule has 0 spiro atoms. The van der Waals surface area contributed by atoms with E-state index < -0.39 is 23.6 Å². The van der Waals surface area contributed by atoms with Crippen molar-refractivity contribution >= 4 is 50.9 Å². The number of nitrogens with one attached hydrogen (secondary N) is 1. The molecule has 35 heavy (non-hydrogen) atoms. The van der Waals surface area contributed by atoms with Gasteiger partial charge in [-0.3, -0.25) is 9.69 Å². The molecule has 0 aliphatic heterocycles. The molecule has 8 nitrogen and oxygen atoms in total.